The molecule has 0 aliphatic carbocycles. The molecule has 0 fully saturated rings. The molecule has 0 aliphatic rings. The lowest BCUT2D eigenvalue weighted by atomic mass is 10.1. The molecule has 2 aromatic carbocycles. The lowest BCUT2D eigenvalue weighted by Crippen LogP contribution is -2.19. The van der Waals surface area contributed by atoms with Crippen molar-refractivity contribution in [2.45, 2.75) is 13.8 Å². The number of nitrogens with zero attached hydrogens (tertiary/aromatic N) is 1. The number of hydrogen-bond donors (Lipinski definition) is 1. The number of hydrogen-bond acceptors (Lipinski definition) is 2. The lowest BCUT2D eigenvalue weighted by Gasteiger charge is -2.03. The summed E-state index contributed by atoms with van der Waals surface area (Å²) in [6.07, 6.45) is 0. The first-order chi connectivity index (χ1) is 9.56. The van der Waals surface area contributed by atoms with Gasteiger partial charge in [-0.05, 0) is 43.7 Å². The topological polar surface area (TPSA) is 41.5 Å². The predicted octanol–water partition coefficient (Wildman–Crippen LogP) is 3.29. The fraction of sp³-hybridized carbons (Fsp3) is 0.125. The van der Waals surface area contributed by atoms with Gasteiger partial charge in [-0.2, -0.15) is 5.10 Å². The summed E-state index contributed by atoms with van der Waals surface area (Å²) in [6.45, 7) is 3.82. The quantitative estimate of drug-likeness (QED) is 0.675. The van der Waals surface area contributed by atoms with E-state index in [9.17, 15) is 9.18 Å². The maximum atomic E-state index is 12.8. The zero-order valence-corrected chi connectivity index (χ0v) is 11.4. The first kappa shape index (κ1) is 13.9. The van der Waals surface area contributed by atoms with Crippen LogP contribution in [0.2, 0.25) is 0 Å². The minimum absolute atomic E-state index is 0.364. The molecule has 0 spiro atoms. The van der Waals surface area contributed by atoms with Crippen molar-refractivity contribution in [3.63, 3.8) is 0 Å². The zero-order chi connectivity index (χ0) is 14.5. The second-order valence-corrected chi connectivity index (χ2v) is 4.51. The number of carbonyl (C=O) groups is 1. The average molecular weight is 270 g/mol. The highest BCUT2D eigenvalue weighted by molar-refractivity contribution is 6.00. The normalized spacial score (nSPS) is 11.2. The molecule has 1 amide bonds. The van der Waals surface area contributed by atoms with Crippen LogP contribution >= 0.6 is 0 Å². The van der Waals surface area contributed by atoms with E-state index in [4.69, 9.17) is 0 Å². The van der Waals surface area contributed by atoms with Gasteiger partial charge in [0.15, 0.2) is 0 Å². The van der Waals surface area contributed by atoms with Crippen molar-refractivity contribution in [1.29, 1.82) is 0 Å². The molecule has 3 nitrogen and oxygen atoms in total. The predicted molar refractivity (Wildman–Crippen MR) is 77.3 cm³/mol. The molecule has 0 bridgehead atoms. The van der Waals surface area contributed by atoms with Crippen LogP contribution in [-0.2, 0) is 0 Å². The van der Waals surface area contributed by atoms with Gasteiger partial charge in [0.2, 0.25) is 0 Å². The number of benzene rings is 2. The third-order valence-corrected chi connectivity index (χ3v) is 2.90. The van der Waals surface area contributed by atoms with Crippen molar-refractivity contribution in [3.05, 3.63) is 71.0 Å². The van der Waals surface area contributed by atoms with E-state index < -0.39 is 0 Å². The van der Waals surface area contributed by atoms with E-state index in [0.717, 1.165) is 11.1 Å². The van der Waals surface area contributed by atoms with Crippen LogP contribution in [0, 0.1) is 12.7 Å². The number of hydrazone groups is 1. The molecule has 20 heavy (non-hydrogen) atoms. The molecule has 4 heteroatoms. The van der Waals surface area contributed by atoms with Crippen LogP contribution in [0.1, 0.15) is 28.4 Å². The van der Waals surface area contributed by atoms with Crippen molar-refractivity contribution >= 4 is 11.6 Å². The van der Waals surface area contributed by atoms with Gasteiger partial charge >= 0.3 is 0 Å². The molecular formula is C16H15FN2O. The molecule has 102 valence electrons. The lowest BCUT2D eigenvalue weighted by molar-refractivity contribution is 0.0955. The van der Waals surface area contributed by atoms with Crippen molar-refractivity contribution in [2.24, 2.45) is 5.10 Å². The summed E-state index contributed by atoms with van der Waals surface area (Å²) >= 11 is 0. The summed E-state index contributed by atoms with van der Waals surface area (Å²) in [4.78, 5) is 11.8. The minimum atomic E-state index is -0.374. The molecule has 2 rings (SSSR count). The van der Waals surface area contributed by atoms with Gasteiger partial charge in [0.05, 0.1) is 5.71 Å². The SMILES string of the molecule is C/C(=N/NC(=O)c1ccc(F)cc1)c1ccc(C)cc1. The average Bonchev–Trinajstić information content (AvgIpc) is 2.46. The Labute approximate surface area is 117 Å². The van der Waals surface area contributed by atoms with E-state index in [1.807, 2.05) is 38.1 Å². The summed E-state index contributed by atoms with van der Waals surface area (Å²) in [5.74, 6) is -0.739. The Balaban J connectivity index is 2.06. The van der Waals surface area contributed by atoms with Crippen LogP contribution < -0.4 is 5.43 Å². The van der Waals surface area contributed by atoms with Crippen molar-refractivity contribution in [1.82, 2.24) is 5.43 Å². The molecule has 0 unspecified atom stereocenters. The number of nitrogens with one attached hydrogen (secondary N) is 1. The van der Waals surface area contributed by atoms with Gasteiger partial charge < -0.3 is 0 Å². The highest BCUT2D eigenvalue weighted by Gasteiger charge is 2.04. The Morgan fingerprint density at radius 1 is 1.00 bits per heavy atom. The number of rotatable bonds is 3. The molecular weight excluding hydrogens is 255 g/mol. The van der Waals surface area contributed by atoms with Crippen molar-refractivity contribution in [3.8, 4) is 0 Å². The van der Waals surface area contributed by atoms with Gasteiger partial charge in [0.1, 0.15) is 5.82 Å². The van der Waals surface area contributed by atoms with Crippen LogP contribution in [0.25, 0.3) is 0 Å². The van der Waals surface area contributed by atoms with Crippen molar-refractivity contribution < 1.29 is 9.18 Å². The Bertz CT molecular complexity index is 631. The molecule has 0 saturated heterocycles. The highest BCUT2D eigenvalue weighted by atomic mass is 19.1. The standard InChI is InChI=1S/C16H15FN2O/c1-11-3-5-13(6-4-11)12(2)18-19-16(20)14-7-9-15(17)10-8-14/h3-10H,1-2H3,(H,19,20)/b18-12-. The Hall–Kier alpha value is -2.49. The number of halogens is 1. The van der Waals surface area contributed by atoms with E-state index in [1.54, 1.807) is 0 Å². The third kappa shape index (κ3) is 3.51. The van der Waals surface area contributed by atoms with Gasteiger partial charge in [-0.25, -0.2) is 9.82 Å². The van der Waals surface area contributed by atoms with E-state index in [2.05, 4.69) is 10.5 Å². The Morgan fingerprint density at radius 2 is 1.55 bits per heavy atom. The Morgan fingerprint density at radius 3 is 2.15 bits per heavy atom. The van der Waals surface area contributed by atoms with Gasteiger partial charge in [-0.1, -0.05) is 29.8 Å². The maximum absolute atomic E-state index is 12.8. The first-order valence-electron chi connectivity index (χ1n) is 6.23. The van der Waals surface area contributed by atoms with Gasteiger partial charge in [-0.15, -0.1) is 0 Å². The minimum Gasteiger partial charge on any atom is -0.267 e. The van der Waals surface area contributed by atoms with Crippen LogP contribution in [-0.4, -0.2) is 11.6 Å². The smallest absolute Gasteiger partial charge is 0.267 e. The van der Waals surface area contributed by atoms with E-state index in [0.29, 0.717) is 11.3 Å². The molecule has 0 heterocycles. The maximum Gasteiger partial charge on any atom is 0.271 e. The molecule has 0 aliphatic heterocycles. The van der Waals surface area contributed by atoms with E-state index in [1.165, 1.54) is 24.3 Å². The molecule has 0 aromatic heterocycles. The fourth-order valence-electron chi connectivity index (χ4n) is 1.66. The molecule has 0 atom stereocenters. The monoisotopic (exact) mass is 270 g/mol. The van der Waals surface area contributed by atoms with Crippen LogP contribution in [0.4, 0.5) is 4.39 Å². The summed E-state index contributed by atoms with van der Waals surface area (Å²) in [5, 5.41) is 4.05. The van der Waals surface area contributed by atoms with Gasteiger partial charge in [-0.3, -0.25) is 4.79 Å². The zero-order valence-electron chi connectivity index (χ0n) is 11.4. The fourth-order valence-corrected chi connectivity index (χ4v) is 1.66. The van der Waals surface area contributed by atoms with Gasteiger partial charge in [0.25, 0.3) is 5.91 Å². The van der Waals surface area contributed by atoms with Crippen LogP contribution in [0.3, 0.4) is 0 Å². The van der Waals surface area contributed by atoms with E-state index >= 15 is 0 Å². The van der Waals surface area contributed by atoms with Crippen molar-refractivity contribution in [2.75, 3.05) is 0 Å². The second kappa shape index (κ2) is 6.10. The summed E-state index contributed by atoms with van der Waals surface area (Å²) in [7, 11) is 0. The Kier molecular flexibility index (Phi) is 4.25. The summed E-state index contributed by atoms with van der Waals surface area (Å²) < 4.78 is 12.8. The summed E-state index contributed by atoms with van der Waals surface area (Å²) in [6, 6.07) is 13.2. The number of carbonyl (C=O) groups excluding carboxylic acids is 1. The molecule has 2 aromatic rings. The number of amides is 1. The largest absolute Gasteiger partial charge is 0.271 e. The van der Waals surface area contributed by atoms with Crippen LogP contribution in [0.5, 0.6) is 0 Å². The molecule has 0 saturated carbocycles. The summed E-state index contributed by atoms with van der Waals surface area (Å²) in [5.41, 5.74) is 5.64. The third-order valence-electron chi connectivity index (χ3n) is 2.90. The molecule has 1 N–H and O–H groups in total. The first-order valence-corrected chi connectivity index (χ1v) is 6.23. The number of aryl methyl sites for hydroxylation is 1. The van der Waals surface area contributed by atoms with Gasteiger partial charge in [0, 0.05) is 5.56 Å². The molecule has 0 radical (unpaired) electrons. The van der Waals surface area contributed by atoms with E-state index in [-0.39, 0.29) is 11.7 Å². The van der Waals surface area contributed by atoms with Crippen LogP contribution in [0.15, 0.2) is 53.6 Å². The highest BCUT2D eigenvalue weighted by Crippen LogP contribution is 2.05. The second-order valence-electron chi connectivity index (χ2n) is 4.51.